The molecule has 0 radical (unpaired) electrons. The number of hydrogen-bond acceptors (Lipinski definition) is 3. The van der Waals surface area contributed by atoms with Crippen LogP contribution in [0.4, 0.5) is 0 Å². The zero-order chi connectivity index (χ0) is 19.1. The average molecular weight is 366 g/mol. The van der Waals surface area contributed by atoms with Crippen molar-refractivity contribution in [2.24, 2.45) is 0 Å². The summed E-state index contributed by atoms with van der Waals surface area (Å²) in [6.45, 7) is 4.53. The van der Waals surface area contributed by atoms with Crippen LogP contribution in [0.15, 0.2) is 54.6 Å². The number of hydrogen-bond donors (Lipinski definition) is 0. The minimum atomic E-state index is -0.0355. The second-order valence-electron chi connectivity index (χ2n) is 6.88. The summed E-state index contributed by atoms with van der Waals surface area (Å²) in [6.07, 6.45) is 1.20. The number of amides is 2. The molecule has 142 valence electrons. The predicted molar refractivity (Wildman–Crippen MR) is 105 cm³/mol. The Morgan fingerprint density at radius 3 is 2.15 bits per heavy atom. The van der Waals surface area contributed by atoms with E-state index < -0.39 is 0 Å². The highest BCUT2D eigenvalue weighted by Crippen LogP contribution is 2.11. The molecular weight excluding hydrogens is 340 g/mol. The highest BCUT2D eigenvalue weighted by molar-refractivity contribution is 5.80. The third-order valence-corrected chi connectivity index (χ3v) is 4.78. The molecule has 2 aromatic rings. The first-order valence-corrected chi connectivity index (χ1v) is 9.41. The minimum absolute atomic E-state index is 0.0291. The largest absolute Gasteiger partial charge is 0.484 e. The molecule has 1 aliphatic rings. The molecule has 0 aromatic heterocycles. The Balaban J connectivity index is 1.48. The monoisotopic (exact) mass is 366 g/mol. The van der Waals surface area contributed by atoms with E-state index in [1.165, 1.54) is 5.56 Å². The molecule has 0 atom stereocenters. The summed E-state index contributed by atoms with van der Waals surface area (Å²) in [4.78, 5) is 28.7. The SMILES string of the molecule is Cc1ccc(CC(=O)N2CCCN(C(=O)COc3ccccc3)CC2)cc1. The summed E-state index contributed by atoms with van der Waals surface area (Å²) >= 11 is 0. The fraction of sp³-hybridized carbons (Fsp3) is 0.364. The Morgan fingerprint density at radius 1 is 0.852 bits per heavy atom. The van der Waals surface area contributed by atoms with E-state index in [0.717, 1.165) is 12.0 Å². The summed E-state index contributed by atoms with van der Waals surface area (Å²) in [6, 6.07) is 17.4. The lowest BCUT2D eigenvalue weighted by Crippen LogP contribution is -2.39. The Morgan fingerprint density at radius 2 is 1.48 bits per heavy atom. The smallest absolute Gasteiger partial charge is 0.260 e. The Kier molecular flexibility index (Phi) is 6.47. The molecule has 1 heterocycles. The maximum Gasteiger partial charge on any atom is 0.260 e. The lowest BCUT2D eigenvalue weighted by atomic mass is 10.1. The summed E-state index contributed by atoms with van der Waals surface area (Å²) < 4.78 is 5.55. The van der Waals surface area contributed by atoms with Crippen LogP contribution in [0, 0.1) is 6.92 Å². The summed E-state index contributed by atoms with van der Waals surface area (Å²) in [5.41, 5.74) is 2.21. The van der Waals surface area contributed by atoms with E-state index in [0.29, 0.717) is 38.3 Å². The first-order valence-electron chi connectivity index (χ1n) is 9.41. The Hall–Kier alpha value is -2.82. The number of benzene rings is 2. The molecule has 5 heteroatoms. The van der Waals surface area contributed by atoms with Gasteiger partial charge in [-0.2, -0.15) is 0 Å². The van der Waals surface area contributed by atoms with Gasteiger partial charge in [0.1, 0.15) is 5.75 Å². The average Bonchev–Trinajstić information content (AvgIpc) is 2.95. The van der Waals surface area contributed by atoms with Gasteiger partial charge in [-0.25, -0.2) is 0 Å². The molecule has 0 aliphatic carbocycles. The lowest BCUT2D eigenvalue weighted by Gasteiger charge is -2.22. The van der Waals surface area contributed by atoms with Crippen molar-refractivity contribution in [3.8, 4) is 5.75 Å². The van der Waals surface area contributed by atoms with Crippen LogP contribution >= 0.6 is 0 Å². The number of rotatable bonds is 5. The van der Waals surface area contributed by atoms with Crippen molar-refractivity contribution in [1.82, 2.24) is 9.80 Å². The number of para-hydroxylation sites is 1. The molecule has 0 unspecified atom stereocenters. The summed E-state index contributed by atoms with van der Waals surface area (Å²) in [5.74, 6) is 0.774. The van der Waals surface area contributed by atoms with Crippen molar-refractivity contribution in [1.29, 1.82) is 0 Å². The third kappa shape index (κ3) is 5.58. The molecule has 2 aromatic carbocycles. The molecule has 1 fully saturated rings. The van der Waals surface area contributed by atoms with Crippen LogP contribution in [0.2, 0.25) is 0 Å². The number of nitrogens with zero attached hydrogens (tertiary/aromatic N) is 2. The van der Waals surface area contributed by atoms with Gasteiger partial charge >= 0.3 is 0 Å². The molecule has 2 amide bonds. The molecule has 0 N–H and O–H groups in total. The van der Waals surface area contributed by atoms with Crippen molar-refractivity contribution in [2.75, 3.05) is 32.8 Å². The second kappa shape index (κ2) is 9.21. The van der Waals surface area contributed by atoms with Gasteiger partial charge in [-0.1, -0.05) is 48.0 Å². The van der Waals surface area contributed by atoms with Crippen molar-refractivity contribution in [3.05, 3.63) is 65.7 Å². The molecule has 27 heavy (non-hydrogen) atoms. The van der Waals surface area contributed by atoms with E-state index in [4.69, 9.17) is 4.74 Å². The highest BCUT2D eigenvalue weighted by atomic mass is 16.5. The molecule has 1 saturated heterocycles. The molecule has 0 spiro atoms. The van der Waals surface area contributed by atoms with Crippen LogP contribution in [0.3, 0.4) is 0 Å². The number of carbonyl (C=O) groups excluding carboxylic acids is 2. The highest BCUT2D eigenvalue weighted by Gasteiger charge is 2.22. The van der Waals surface area contributed by atoms with E-state index in [1.807, 2.05) is 66.4 Å². The third-order valence-electron chi connectivity index (χ3n) is 4.78. The van der Waals surface area contributed by atoms with Crippen molar-refractivity contribution in [3.63, 3.8) is 0 Å². The zero-order valence-corrected chi connectivity index (χ0v) is 15.8. The number of ether oxygens (including phenoxy) is 1. The van der Waals surface area contributed by atoms with Crippen LogP contribution in [0.25, 0.3) is 0 Å². The van der Waals surface area contributed by atoms with Crippen molar-refractivity contribution < 1.29 is 14.3 Å². The summed E-state index contributed by atoms with van der Waals surface area (Å²) in [7, 11) is 0. The lowest BCUT2D eigenvalue weighted by molar-refractivity contribution is -0.134. The van der Waals surface area contributed by atoms with E-state index in [1.54, 1.807) is 4.90 Å². The van der Waals surface area contributed by atoms with Crippen LogP contribution in [-0.4, -0.2) is 54.4 Å². The Bertz CT molecular complexity index is 759. The van der Waals surface area contributed by atoms with E-state index in [2.05, 4.69) is 0 Å². The topological polar surface area (TPSA) is 49.9 Å². The molecule has 0 saturated carbocycles. The van der Waals surface area contributed by atoms with Gasteiger partial charge in [-0.3, -0.25) is 9.59 Å². The fourth-order valence-corrected chi connectivity index (χ4v) is 3.16. The molecular formula is C22H26N2O3. The van der Waals surface area contributed by atoms with Gasteiger partial charge in [0, 0.05) is 26.2 Å². The minimum Gasteiger partial charge on any atom is -0.484 e. The standard InChI is InChI=1S/C22H26N2O3/c1-18-8-10-19(11-9-18)16-21(25)23-12-5-13-24(15-14-23)22(26)17-27-20-6-3-2-4-7-20/h2-4,6-11H,5,12-17H2,1H3. The Labute approximate surface area is 160 Å². The van der Waals surface area contributed by atoms with E-state index >= 15 is 0 Å². The molecule has 1 aliphatic heterocycles. The van der Waals surface area contributed by atoms with Crippen molar-refractivity contribution >= 4 is 11.8 Å². The van der Waals surface area contributed by atoms with Gasteiger partial charge < -0.3 is 14.5 Å². The number of carbonyl (C=O) groups is 2. The van der Waals surface area contributed by atoms with Crippen LogP contribution in [0.1, 0.15) is 17.5 Å². The maximum atomic E-state index is 12.6. The maximum absolute atomic E-state index is 12.6. The van der Waals surface area contributed by atoms with E-state index in [9.17, 15) is 9.59 Å². The molecule has 0 bridgehead atoms. The van der Waals surface area contributed by atoms with Gasteiger partial charge in [0.05, 0.1) is 6.42 Å². The quantitative estimate of drug-likeness (QED) is 0.817. The summed E-state index contributed by atoms with van der Waals surface area (Å²) in [5, 5.41) is 0. The van der Waals surface area contributed by atoms with Gasteiger partial charge in [-0.15, -0.1) is 0 Å². The first-order chi connectivity index (χ1) is 13.1. The number of aryl methyl sites for hydroxylation is 1. The van der Waals surface area contributed by atoms with Gasteiger partial charge in [0.2, 0.25) is 5.91 Å². The second-order valence-corrected chi connectivity index (χ2v) is 6.88. The zero-order valence-electron chi connectivity index (χ0n) is 15.8. The molecule has 5 nitrogen and oxygen atoms in total. The predicted octanol–water partition coefficient (Wildman–Crippen LogP) is 2.68. The fourth-order valence-electron chi connectivity index (χ4n) is 3.16. The van der Waals surface area contributed by atoms with E-state index in [-0.39, 0.29) is 18.4 Å². The normalized spacial score (nSPS) is 14.6. The van der Waals surface area contributed by atoms with Gasteiger partial charge in [-0.05, 0) is 31.0 Å². The van der Waals surface area contributed by atoms with Gasteiger partial charge in [0.15, 0.2) is 6.61 Å². The first kappa shape index (κ1) is 19.0. The molecule has 3 rings (SSSR count). The van der Waals surface area contributed by atoms with Crippen LogP contribution in [-0.2, 0) is 16.0 Å². The van der Waals surface area contributed by atoms with Crippen LogP contribution in [0.5, 0.6) is 5.75 Å². The van der Waals surface area contributed by atoms with Gasteiger partial charge in [0.25, 0.3) is 5.91 Å². The van der Waals surface area contributed by atoms with Crippen LogP contribution < -0.4 is 4.74 Å². The van der Waals surface area contributed by atoms with Crippen molar-refractivity contribution in [2.45, 2.75) is 19.8 Å².